The topological polar surface area (TPSA) is 58.2 Å². The zero-order valence-electron chi connectivity index (χ0n) is 9.74. The van der Waals surface area contributed by atoms with Crippen LogP contribution in [0.15, 0.2) is 27.6 Å². The molecule has 8 heteroatoms. The van der Waals surface area contributed by atoms with E-state index in [0.717, 1.165) is 6.54 Å². The lowest BCUT2D eigenvalue weighted by Crippen LogP contribution is -2.31. The summed E-state index contributed by atoms with van der Waals surface area (Å²) in [4.78, 5) is 0.0880. The Labute approximate surface area is 127 Å². The van der Waals surface area contributed by atoms with Crippen molar-refractivity contribution in [3.8, 4) is 0 Å². The molecular weight excluding hydrogens is 363 g/mol. The van der Waals surface area contributed by atoms with E-state index >= 15 is 0 Å². The van der Waals surface area contributed by atoms with E-state index in [2.05, 4.69) is 26.0 Å². The number of likely N-dealkylation sites (N-methyl/N-ethyl adjacent to an activating group) is 1. The van der Waals surface area contributed by atoms with E-state index < -0.39 is 10.0 Å². The van der Waals surface area contributed by atoms with Gasteiger partial charge >= 0.3 is 0 Å². The second kappa shape index (κ2) is 8.35. The Balaban J connectivity index is 0.00000289. The highest BCUT2D eigenvalue weighted by Gasteiger charge is 2.18. The van der Waals surface area contributed by atoms with Crippen LogP contribution in [-0.2, 0) is 10.0 Å². The molecule has 0 aromatic heterocycles. The van der Waals surface area contributed by atoms with Crippen LogP contribution in [0.25, 0.3) is 0 Å². The summed E-state index contributed by atoms with van der Waals surface area (Å²) in [6, 6.07) is 4.80. The fourth-order valence-corrected chi connectivity index (χ4v) is 3.28. The van der Waals surface area contributed by atoms with Crippen molar-refractivity contribution >= 4 is 50.0 Å². The molecule has 104 valence electrons. The second-order valence-corrected chi connectivity index (χ2v) is 6.27. The van der Waals surface area contributed by atoms with Crippen molar-refractivity contribution in [1.29, 1.82) is 0 Å². The highest BCUT2D eigenvalue weighted by Crippen LogP contribution is 2.28. The molecule has 0 saturated carbocycles. The first-order valence-corrected chi connectivity index (χ1v) is 7.79. The maximum absolute atomic E-state index is 11.9. The third-order valence-electron chi connectivity index (χ3n) is 2.05. The molecule has 0 aliphatic heterocycles. The predicted octanol–water partition coefficient (Wildman–Crippen LogP) is 2.41. The minimum atomic E-state index is -3.55. The maximum atomic E-state index is 11.9. The van der Waals surface area contributed by atoms with Gasteiger partial charge in [-0.2, -0.15) is 0 Å². The summed E-state index contributed by atoms with van der Waals surface area (Å²) in [6.07, 6.45) is 0. The van der Waals surface area contributed by atoms with Gasteiger partial charge < -0.3 is 5.32 Å². The molecule has 0 bridgehead atoms. The largest absolute Gasteiger partial charge is 0.316 e. The lowest BCUT2D eigenvalue weighted by atomic mass is 10.4. The molecule has 1 aromatic carbocycles. The summed E-state index contributed by atoms with van der Waals surface area (Å²) >= 11 is 9.13. The maximum Gasteiger partial charge on any atom is 0.242 e. The molecule has 1 aromatic rings. The summed E-state index contributed by atoms with van der Waals surface area (Å²) in [6.45, 7) is 3.68. The van der Waals surface area contributed by atoms with E-state index in [9.17, 15) is 8.42 Å². The van der Waals surface area contributed by atoms with E-state index in [4.69, 9.17) is 11.6 Å². The van der Waals surface area contributed by atoms with Crippen LogP contribution in [0.4, 0.5) is 0 Å². The minimum absolute atomic E-state index is 0. The van der Waals surface area contributed by atoms with E-state index in [0.29, 0.717) is 17.6 Å². The highest BCUT2D eigenvalue weighted by atomic mass is 79.9. The third kappa shape index (κ3) is 5.03. The van der Waals surface area contributed by atoms with Crippen molar-refractivity contribution < 1.29 is 8.42 Å². The van der Waals surface area contributed by atoms with Crippen LogP contribution >= 0.6 is 39.9 Å². The molecule has 2 N–H and O–H groups in total. The molecule has 0 heterocycles. The number of sulfonamides is 1. The van der Waals surface area contributed by atoms with Crippen LogP contribution in [0.5, 0.6) is 0 Å². The molecule has 0 atom stereocenters. The first-order chi connectivity index (χ1) is 7.99. The standard InChI is InChI=1S/C10H14BrClN2O2S.ClH/c1-2-13-6-7-14-17(15,16)9-5-3-4-8(11)10(9)12;/h3-5,13-14H,2,6-7H2,1H3;1H. The molecule has 0 spiro atoms. The molecule has 0 unspecified atom stereocenters. The van der Waals surface area contributed by atoms with Gasteiger partial charge in [-0.25, -0.2) is 13.1 Å². The Morgan fingerprint density at radius 2 is 2.00 bits per heavy atom. The fraction of sp³-hybridized carbons (Fsp3) is 0.400. The molecule has 0 fully saturated rings. The molecule has 18 heavy (non-hydrogen) atoms. The van der Waals surface area contributed by atoms with Gasteiger partial charge in [-0.1, -0.05) is 24.6 Å². The average molecular weight is 378 g/mol. The SMILES string of the molecule is CCNCCNS(=O)(=O)c1cccc(Br)c1Cl.Cl. The third-order valence-corrected chi connectivity index (χ3v) is 4.96. The Bertz CT molecular complexity index is 483. The van der Waals surface area contributed by atoms with Crippen molar-refractivity contribution in [2.45, 2.75) is 11.8 Å². The van der Waals surface area contributed by atoms with Gasteiger partial charge in [0.1, 0.15) is 4.90 Å². The highest BCUT2D eigenvalue weighted by molar-refractivity contribution is 9.10. The summed E-state index contributed by atoms with van der Waals surface area (Å²) in [7, 11) is -3.55. The number of benzene rings is 1. The van der Waals surface area contributed by atoms with E-state index in [1.165, 1.54) is 6.07 Å². The Morgan fingerprint density at radius 1 is 1.33 bits per heavy atom. The normalized spacial score (nSPS) is 11.1. The van der Waals surface area contributed by atoms with E-state index in [1.807, 2.05) is 6.92 Å². The molecule has 0 amide bonds. The lowest BCUT2D eigenvalue weighted by molar-refractivity contribution is 0.577. The van der Waals surface area contributed by atoms with Gasteiger partial charge in [0, 0.05) is 17.6 Å². The van der Waals surface area contributed by atoms with Gasteiger partial charge in [-0.15, -0.1) is 12.4 Å². The van der Waals surface area contributed by atoms with Crippen LogP contribution in [-0.4, -0.2) is 28.1 Å². The van der Waals surface area contributed by atoms with Crippen LogP contribution < -0.4 is 10.0 Å². The molecule has 0 saturated heterocycles. The van der Waals surface area contributed by atoms with Gasteiger partial charge in [-0.3, -0.25) is 0 Å². The van der Waals surface area contributed by atoms with Crippen molar-refractivity contribution in [3.63, 3.8) is 0 Å². The van der Waals surface area contributed by atoms with Gasteiger partial charge in [0.05, 0.1) is 5.02 Å². The fourth-order valence-electron chi connectivity index (χ4n) is 1.22. The van der Waals surface area contributed by atoms with Crippen LogP contribution in [0.1, 0.15) is 6.92 Å². The zero-order chi connectivity index (χ0) is 12.9. The van der Waals surface area contributed by atoms with Crippen molar-refractivity contribution in [3.05, 3.63) is 27.7 Å². The van der Waals surface area contributed by atoms with Gasteiger partial charge in [-0.05, 0) is 34.6 Å². The number of hydrogen-bond acceptors (Lipinski definition) is 3. The molecule has 0 radical (unpaired) electrons. The Hall–Kier alpha value is 0.150. The van der Waals surface area contributed by atoms with Gasteiger partial charge in [0.15, 0.2) is 0 Å². The monoisotopic (exact) mass is 376 g/mol. The first kappa shape index (κ1) is 18.1. The van der Waals surface area contributed by atoms with Gasteiger partial charge in [0.2, 0.25) is 10.0 Å². The average Bonchev–Trinajstić information content (AvgIpc) is 2.28. The summed E-state index contributed by atoms with van der Waals surface area (Å²) in [5, 5.41) is 3.23. The van der Waals surface area contributed by atoms with Crippen molar-refractivity contribution in [1.82, 2.24) is 10.0 Å². The molecule has 4 nitrogen and oxygen atoms in total. The first-order valence-electron chi connectivity index (χ1n) is 5.13. The van der Waals surface area contributed by atoms with Gasteiger partial charge in [0.25, 0.3) is 0 Å². The van der Waals surface area contributed by atoms with Crippen LogP contribution in [0, 0.1) is 0 Å². The van der Waals surface area contributed by atoms with Crippen molar-refractivity contribution in [2.24, 2.45) is 0 Å². The number of hydrogen-bond donors (Lipinski definition) is 2. The quantitative estimate of drug-likeness (QED) is 0.748. The number of nitrogens with one attached hydrogen (secondary N) is 2. The molecule has 1 rings (SSSR count). The lowest BCUT2D eigenvalue weighted by Gasteiger charge is -2.09. The van der Waals surface area contributed by atoms with Crippen molar-refractivity contribution in [2.75, 3.05) is 19.6 Å². The number of halogens is 3. The summed E-state index contributed by atoms with van der Waals surface area (Å²) < 4.78 is 26.9. The Kier molecular flexibility index (Phi) is 8.42. The van der Waals surface area contributed by atoms with Crippen LogP contribution in [0.2, 0.25) is 5.02 Å². The minimum Gasteiger partial charge on any atom is -0.316 e. The smallest absolute Gasteiger partial charge is 0.242 e. The Morgan fingerprint density at radius 3 is 2.61 bits per heavy atom. The van der Waals surface area contributed by atoms with E-state index in [-0.39, 0.29) is 22.3 Å². The molecule has 0 aliphatic carbocycles. The summed E-state index contributed by atoms with van der Waals surface area (Å²) in [5.74, 6) is 0. The summed E-state index contributed by atoms with van der Waals surface area (Å²) in [5.41, 5.74) is 0. The van der Waals surface area contributed by atoms with Crippen LogP contribution in [0.3, 0.4) is 0 Å². The molecular formula is C10H15BrCl2N2O2S. The second-order valence-electron chi connectivity index (χ2n) is 3.30. The van der Waals surface area contributed by atoms with E-state index in [1.54, 1.807) is 12.1 Å². The zero-order valence-corrected chi connectivity index (χ0v) is 13.7. The molecule has 0 aliphatic rings. The number of rotatable bonds is 6. The predicted molar refractivity (Wildman–Crippen MR) is 80.1 cm³/mol.